The topological polar surface area (TPSA) is 102 Å². The summed E-state index contributed by atoms with van der Waals surface area (Å²) in [6.07, 6.45) is 16.1. The number of aliphatic hydroxyl groups excluding tert-OH is 1. The second-order valence-electron chi connectivity index (χ2n) is 9.64. The maximum absolute atomic E-state index is 10.2. The molecule has 2 saturated carbocycles. The van der Waals surface area contributed by atoms with Crippen LogP contribution in [0.15, 0.2) is 21.2 Å². The van der Waals surface area contributed by atoms with E-state index in [1.165, 1.54) is 51.4 Å². The van der Waals surface area contributed by atoms with E-state index in [2.05, 4.69) is 31.1 Å². The van der Waals surface area contributed by atoms with Crippen molar-refractivity contribution in [1.82, 2.24) is 9.88 Å². The lowest BCUT2D eigenvalue weighted by Crippen LogP contribution is -2.23. The summed E-state index contributed by atoms with van der Waals surface area (Å²) in [6, 6.07) is 4.25. The van der Waals surface area contributed by atoms with E-state index in [0.717, 1.165) is 54.3 Å². The standard InChI is InChI=1S/C14H14BrN3O.C7H12O.C5H11NO/c15-13-11-6-10(7-16)19-12(11)8-17-14(13)18-9-4-2-1-3-5-9;8-6-7-4-2-1-3-5-7;1-6-3-2-5(7)4-6/h6,8-9H,1-5H2,(H,17,18);6-7H,1-5H2;5,7H,2-4H2,1H3. The number of aldehydes is 1. The fraction of sp³-hybridized carbons (Fsp3) is 0.654. The lowest BCUT2D eigenvalue weighted by atomic mass is 9.91. The van der Waals surface area contributed by atoms with Gasteiger partial charge >= 0.3 is 0 Å². The fourth-order valence-corrected chi connectivity index (χ4v) is 5.28. The zero-order chi connectivity index (χ0) is 24.3. The second kappa shape index (κ2) is 13.8. The molecule has 2 N–H and O–H groups in total. The van der Waals surface area contributed by atoms with Gasteiger partial charge in [-0.1, -0.05) is 38.5 Å². The molecule has 1 aliphatic heterocycles. The number of β-amino-alcohol motifs (C(OH)–C–C–N with tert-alkyl or cyclic N) is 1. The van der Waals surface area contributed by atoms with Crippen LogP contribution in [0.5, 0.6) is 0 Å². The number of carbonyl (C=O) groups is 1. The van der Waals surface area contributed by atoms with E-state index in [4.69, 9.17) is 14.8 Å². The van der Waals surface area contributed by atoms with E-state index >= 15 is 0 Å². The number of likely N-dealkylation sites (tertiary alicyclic amines) is 1. The van der Waals surface area contributed by atoms with Gasteiger partial charge in [0.2, 0.25) is 5.76 Å². The van der Waals surface area contributed by atoms with Crippen molar-refractivity contribution in [2.75, 3.05) is 25.5 Å². The van der Waals surface area contributed by atoms with Crippen LogP contribution in [0.1, 0.15) is 76.4 Å². The highest BCUT2D eigenvalue weighted by Crippen LogP contribution is 2.33. The van der Waals surface area contributed by atoms with Crippen LogP contribution in [-0.4, -0.2) is 53.6 Å². The minimum Gasteiger partial charge on any atom is -0.444 e. The van der Waals surface area contributed by atoms with Gasteiger partial charge in [-0.25, -0.2) is 4.98 Å². The number of fused-ring (bicyclic) bond motifs is 1. The summed E-state index contributed by atoms with van der Waals surface area (Å²) in [5.41, 5.74) is 0.637. The molecule has 3 aliphatic rings. The highest BCUT2D eigenvalue weighted by Gasteiger charge is 2.17. The summed E-state index contributed by atoms with van der Waals surface area (Å²) in [6.45, 7) is 1.92. The predicted molar refractivity (Wildman–Crippen MR) is 138 cm³/mol. The molecule has 34 heavy (non-hydrogen) atoms. The average molecular weight is 534 g/mol. The highest BCUT2D eigenvalue weighted by molar-refractivity contribution is 9.10. The van der Waals surface area contributed by atoms with Gasteiger partial charge in [0.25, 0.3) is 0 Å². The van der Waals surface area contributed by atoms with Crippen LogP contribution in [0.3, 0.4) is 0 Å². The van der Waals surface area contributed by atoms with Crippen molar-refractivity contribution in [2.24, 2.45) is 5.92 Å². The summed E-state index contributed by atoms with van der Waals surface area (Å²) in [4.78, 5) is 16.7. The smallest absolute Gasteiger partial charge is 0.204 e. The largest absolute Gasteiger partial charge is 0.444 e. The van der Waals surface area contributed by atoms with E-state index in [-0.39, 0.29) is 6.10 Å². The van der Waals surface area contributed by atoms with Crippen molar-refractivity contribution < 1.29 is 14.3 Å². The van der Waals surface area contributed by atoms with Gasteiger partial charge < -0.3 is 24.5 Å². The Morgan fingerprint density at radius 3 is 2.35 bits per heavy atom. The Bertz CT molecular complexity index is 937. The molecule has 3 fully saturated rings. The molecule has 0 radical (unpaired) electrons. The van der Waals surface area contributed by atoms with Crippen LogP contribution in [0, 0.1) is 17.2 Å². The van der Waals surface area contributed by atoms with Gasteiger partial charge in [-0.2, -0.15) is 5.26 Å². The molecule has 2 aromatic rings. The number of aliphatic hydroxyl groups is 1. The minimum atomic E-state index is -0.0509. The van der Waals surface area contributed by atoms with Gasteiger partial charge in [0.15, 0.2) is 5.58 Å². The third-order valence-electron chi connectivity index (χ3n) is 6.78. The SMILES string of the molecule is CN1CCC(O)C1.N#Cc1cc2c(Br)c(NC3CCCCC3)ncc2o1.O=CC1CCCCC1. The highest BCUT2D eigenvalue weighted by atomic mass is 79.9. The van der Waals surface area contributed by atoms with Gasteiger partial charge in [0.1, 0.15) is 18.2 Å². The number of likely N-dealkylation sites (N-methyl/N-ethyl adjacent to an activating group) is 1. The Hall–Kier alpha value is -1.95. The Morgan fingerprint density at radius 2 is 1.85 bits per heavy atom. The monoisotopic (exact) mass is 532 g/mol. The number of nitrogens with one attached hydrogen (secondary N) is 1. The molecule has 186 valence electrons. The number of carbonyl (C=O) groups excluding carboxylic acids is 1. The maximum Gasteiger partial charge on any atom is 0.204 e. The first-order valence-corrected chi connectivity index (χ1v) is 13.4. The lowest BCUT2D eigenvalue weighted by molar-refractivity contribution is -0.111. The molecule has 0 spiro atoms. The first-order chi connectivity index (χ1) is 16.5. The number of nitriles is 1. The summed E-state index contributed by atoms with van der Waals surface area (Å²) < 4.78 is 6.24. The Labute approximate surface area is 211 Å². The quantitative estimate of drug-likeness (QED) is 0.491. The molecular formula is C26H37BrN4O3. The van der Waals surface area contributed by atoms with Gasteiger partial charge in [-0.15, -0.1) is 0 Å². The Balaban J connectivity index is 0.000000177. The van der Waals surface area contributed by atoms with Crippen LogP contribution in [-0.2, 0) is 4.79 Å². The molecule has 2 aliphatic carbocycles. The number of pyridine rings is 1. The average Bonchev–Trinajstić information content (AvgIpc) is 3.48. The van der Waals surface area contributed by atoms with Crippen LogP contribution in [0.4, 0.5) is 5.82 Å². The fourth-order valence-electron chi connectivity index (χ4n) is 4.76. The number of rotatable bonds is 3. The molecule has 1 saturated heterocycles. The van der Waals surface area contributed by atoms with E-state index < -0.39 is 0 Å². The van der Waals surface area contributed by atoms with Crippen LogP contribution >= 0.6 is 15.9 Å². The van der Waals surface area contributed by atoms with Gasteiger partial charge in [-0.05, 0) is 55.1 Å². The number of furan rings is 1. The second-order valence-corrected chi connectivity index (χ2v) is 10.4. The molecule has 2 aromatic heterocycles. The number of hydrogen-bond acceptors (Lipinski definition) is 7. The van der Waals surface area contributed by atoms with Crippen molar-refractivity contribution in [1.29, 1.82) is 5.26 Å². The number of hydrogen-bond donors (Lipinski definition) is 2. The van der Waals surface area contributed by atoms with E-state index in [9.17, 15) is 4.79 Å². The molecule has 0 amide bonds. The van der Waals surface area contributed by atoms with Crippen molar-refractivity contribution in [2.45, 2.75) is 82.8 Å². The summed E-state index contributed by atoms with van der Waals surface area (Å²) in [5.74, 6) is 1.56. The molecule has 1 unspecified atom stereocenters. The van der Waals surface area contributed by atoms with Gasteiger partial charge in [0.05, 0.1) is 16.8 Å². The molecular weight excluding hydrogens is 496 g/mol. The molecule has 8 heteroatoms. The third-order valence-corrected chi connectivity index (χ3v) is 7.58. The maximum atomic E-state index is 10.2. The van der Waals surface area contributed by atoms with E-state index in [1.54, 1.807) is 12.3 Å². The molecule has 0 aromatic carbocycles. The van der Waals surface area contributed by atoms with Crippen LogP contribution in [0.2, 0.25) is 0 Å². The van der Waals surface area contributed by atoms with Crippen LogP contribution in [0.25, 0.3) is 11.0 Å². The number of halogens is 1. The lowest BCUT2D eigenvalue weighted by Gasteiger charge is -2.23. The zero-order valence-electron chi connectivity index (χ0n) is 20.1. The molecule has 0 bridgehead atoms. The van der Waals surface area contributed by atoms with E-state index in [1.807, 2.05) is 13.1 Å². The number of nitrogens with zero attached hydrogens (tertiary/aromatic N) is 3. The summed E-state index contributed by atoms with van der Waals surface area (Å²) in [7, 11) is 2.02. The normalized spacial score (nSPS) is 21.6. The predicted octanol–water partition coefficient (Wildman–Crippen LogP) is 5.65. The first kappa shape index (κ1) is 26.7. The van der Waals surface area contributed by atoms with E-state index in [0.29, 0.717) is 23.3 Å². The summed E-state index contributed by atoms with van der Waals surface area (Å²) in [5, 5.41) is 22.1. The Kier molecular flexibility index (Phi) is 10.8. The first-order valence-electron chi connectivity index (χ1n) is 12.6. The Morgan fingerprint density at radius 1 is 1.18 bits per heavy atom. The number of aromatic nitrogens is 1. The minimum absolute atomic E-state index is 0.0509. The molecule has 1 atom stereocenters. The number of anilines is 1. The van der Waals surface area contributed by atoms with Crippen molar-refractivity contribution >= 4 is 39.0 Å². The van der Waals surface area contributed by atoms with Crippen molar-refractivity contribution in [3.05, 3.63) is 22.5 Å². The molecule has 7 nitrogen and oxygen atoms in total. The van der Waals surface area contributed by atoms with Gasteiger partial charge in [0, 0.05) is 36.5 Å². The summed E-state index contributed by atoms with van der Waals surface area (Å²) >= 11 is 3.56. The van der Waals surface area contributed by atoms with Crippen molar-refractivity contribution in [3.8, 4) is 6.07 Å². The zero-order valence-corrected chi connectivity index (χ0v) is 21.7. The molecule has 3 heterocycles. The third kappa shape index (κ3) is 8.07. The van der Waals surface area contributed by atoms with Crippen molar-refractivity contribution in [3.63, 3.8) is 0 Å². The molecule has 5 rings (SSSR count). The van der Waals surface area contributed by atoms with Gasteiger partial charge in [-0.3, -0.25) is 0 Å². The van der Waals surface area contributed by atoms with Crippen LogP contribution < -0.4 is 5.32 Å².